The fourth-order valence-corrected chi connectivity index (χ4v) is 5.25. The average molecular weight is 497 g/mol. The summed E-state index contributed by atoms with van der Waals surface area (Å²) >= 11 is 0. The number of carbonyl (C=O) groups is 2. The Labute approximate surface area is 218 Å². The highest BCUT2D eigenvalue weighted by Crippen LogP contribution is 2.35. The lowest BCUT2D eigenvalue weighted by atomic mass is 9.73. The van der Waals surface area contributed by atoms with Gasteiger partial charge < -0.3 is 20.9 Å². The maximum atomic E-state index is 12.6. The van der Waals surface area contributed by atoms with Crippen molar-refractivity contribution in [3.05, 3.63) is 0 Å². The first-order valence-corrected chi connectivity index (χ1v) is 13.8. The maximum Gasteiger partial charge on any atom is 0.221 e. The van der Waals surface area contributed by atoms with Crippen LogP contribution in [0.4, 0.5) is 0 Å². The molecule has 0 rings (SSSR count). The molecule has 0 bridgehead atoms. The number of rotatable bonds is 17. The topological polar surface area (TPSA) is 73.5 Å². The molecule has 208 valence electrons. The van der Waals surface area contributed by atoms with Crippen LogP contribution in [0.5, 0.6) is 0 Å². The molecule has 3 N–H and O–H groups in total. The van der Waals surface area contributed by atoms with E-state index in [0.29, 0.717) is 39.0 Å². The number of nitrogens with zero attached hydrogens (tertiary/aromatic N) is 1. The highest BCUT2D eigenvalue weighted by Gasteiger charge is 2.29. The SMILES string of the molecule is CCC(C)(CNC(=O)CCN(CCCNC)CCC(=O)NCC(C)(C)CC(C)(C)C)CC(C)(C)C. The van der Waals surface area contributed by atoms with Crippen molar-refractivity contribution in [2.24, 2.45) is 21.7 Å². The molecule has 2 amide bonds. The van der Waals surface area contributed by atoms with Crippen molar-refractivity contribution in [2.75, 3.05) is 46.3 Å². The molecule has 0 saturated carbocycles. The average Bonchev–Trinajstić information content (AvgIpc) is 2.69. The summed E-state index contributed by atoms with van der Waals surface area (Å²) in [5.41, 5.74) is 0.653. The van der Waals surface area contributed by atoms with Crippen LogP contribution in [0.2, 0.25) is 0 Å². The Morgan fingerprint density at radius 1 is 0.714 bits per heavy atom. The Hall–Kier alpha value is -1.14. The van der Waals surface area contributed by atoms with E-state index in [1.54, 1.807) is 0 Å². The summed E-state index contributed by atoms with van der Waals surface area (Å²) in [6, 6.07) is 0. The number of nitrogens with one attached hydrogen (secondary N) is 3. The minimum absolute atomic E-state index is 0.0679. The lowest BCUT2D eigenvalue weighted by molar-refractivity contribution is -0.122. The van der Waals surface area contributed by atoms with Crippen LogP contribution in [0.15, 0.2) is 0 Å². The van der Waals surface area contributed by atoms with Crippen LogP contribution in [0, 0.1) is 21.7 Å². The molecule has 1 unspecified atom stereocenters. The summed E-state index contributed by atoms with van der Waals surface area (Å²) in [4.78, 5) is 27.5. The van der Waals surface area contributed by atoms with E-state index < -0.39 is 0 Å². The highest BCUT2D eigenvalue weighted by atomic mass is 16.2. The predicted molar refractivity (Wildman–Crippen MR) is 151 cm³/mol. The summed E-state index contributed by atoms with van der Waals surface area (Å²) in [7, 11) is 1.95. The second kappa shape index (κ2) is 15.2. The molecular weight excluding hydrogens is 436 g/mol. The first kappa shape index (κ1) is 33.9. The Balaban J connectivity index is 4.67. The van der Waals surface area contributed by atoms with E-state index in [-0.39, 0.29) is 33.5 Å². The molecule has 0 saturated heterocycles. The lowest BCUT2D eigenvalue weighted by Crippen LogP contribution is -2.40. The standard InChI is InChI=1S/C29H60N4O2/c1-12-29(10,21-27(5,6)7)23-32-25(35)15-19-33(17-13-16-30-11)18-14-24(34)31-22-28(8,9)20-26(2,3)4/h30H,12-23H2,1-11H3,(H,31,34)(H,32,35). The van der Waals surface area contributed by atoms with E-state index in [9.17, 15) is 9.59 Å². The zero-order chi connectivity index (χ0) is 27.3. The molecule has 0 aromatic rings. The number of hydrogen-bond acceptors (Lipinski definition) is 4. The van der Waals surface area contributed by atoms with Gasteiger partial charge in [0.05, 0.1) is 0 Å². The van der Waals surface area contributed by atoms with Gasteiger partial charge in [0.2, 0.25) is 11.8 Å². The van der Waals surface area contributed by atoms with Crippen LogP contribution in [-0.2, 0) is 9.59 Å². The van der Waals surface area contributed by atoms with Crippen molar-refractivity contribution in [1.29, 1.82) is 0 Å². The van der Waals surface area contributed by atoms with Crippen LogP contribution in [-0.4, -0.2) is 63.0 Å². The third-order valence-electron chi connectivity index (χ3n) is 6.51. The van der Waals surface area contributed by atoms with Gasteiger partial charge in [-0.1, -0.05) is 69.2 Å². The van der Waals surface area contributed by atoms with Gasteiger partial charge in [-0.2, -0.15) is 0 Å². The molecule has 6 heteroatoms. The molecule has 0 aromatic heterocycles. The first-order chi connectivity index (χ1) is 15.9. The van der Waals surface area contributed by atoms with Crippen molar-refractivity contribution >= 4 is 11.8 Å². The van der Waals surface area contributed by atoms with Crippen molar-refractivity contribution in [1.82, 2.24) is 20.9 Å². The predicted octanol–water partition coefficient (Wildman–Crippen LogP) is 5.23. The molecule has 1 atom stereocenters. The third-order valence-corrected chi connectivity index (χ3v) is 6.51. The molecule has 6 nitrogen and oxygen atoms in total. The summed E-state index contributed by atoms with van der Waals surface area (Å²) < 4.78 is 0. The van der Waals surface area contributed by atoms with Crippen LogP contribution in [0.3, 0.4) is 0 Å². The smallest absolute Gasteiger partial charge is 0.221 e. The molecule has 0 aliphatic rings. The van der Waals surface area contributed by atoms with E-state index in [4.69, 9.17) is 0 Å². The van der Waals surface area contributed by atoms with Gasteiger partial charge in [-0.15, -0.1) is 0 Å². The van der Waals surface area contributed by atoms with Crippen LogP contribution in [0.1, 0.15) is 108 Å². The number of hydrogen-bond donors (Lipinski definition) is 3. The Kier molecular flexibility index (Phi) is 14.7. The maximum absolute atomic E-state index is 12.6. The molecule has 0 aromatic carbocycles. The van der Waals surface area contributed by atoms with Crippen molar-refractivity contribution in [2.45, 2.75) is 108 Å². The Morgan fingerprint density at radius 3 is 1.63 bits per heavy atom. The number of carbonyl (C=O) groups excluding carboxylic acids is 2. The molecular formula is C29H60N4O2. The van der Waals surface area contributed by atoms with E-state index in [2.05, 4.69) is 90.1 Å². The minimum Gasteiger partial charge on any atom is -0.356 e. The van der Waals surface area contributed by atoms with Gasteiger partial charge in [-0.05, 0) is 67.5 Å². The van der Waals surface area contributed by atoms with Gasteiger partial charge >= 0.3 is 0 Å². The van der Waals surface area contributed by atoms with Gasteiger partial charge in [0.15, 0.2) is 0 Å². The fourth-order valence-electron chi connectivity index (χ4n) is 5.25. The molecule has 0 heterocycles. The monoisotopic (exact) mass is 496 g/mol. The van der Waals surface area contributed by atoms with E-state index in [0.717, 1.165) is 38.8 Å². The van der Waals surface area contributed by atoms with Gasteiger partial charge in [0.25, 0.3) is 0 Å². The molecule has 0 aliphatic heterocycles. The quantitative estimate of drug-likeness (QED) is 0.241. The summed E-state index contributed by atoms with van der Waals surface area (Å²) in [5.74, 6) is 0.196. The lowest BCUT2D eigenvalue weighted by Gasteiger charge is -2.35. The zero-order valence-electron chi connectivity index (χ0n) is 25.2. The van der Waals surface area contributed by atoms with E-state index in [1.807, 2.05) is 7.05 Å². The van der Waals surface area contributed by atoms with E-state index in [1.165, 1.54) is 0 Å². The Bertz CT molecular complexity index is 619. The Morgan fingerprint density at radius 2 is 1.20 bits per heavy atom. The van der Waals surface area contributed by atoms with Crippen LogP contribution in [0.25, 0.3) is 0 Å². The molecule has 35 heavy (non-hydrogen) atoms. The van der Waals surface area contributed by atoms with Crippen LogP contribution < -0.4 is 16.0 Å². The molecule has 0 aliphatic carbocycles. The van der Waals surface area contributed by atoms with Crippen LogP contribution >= 0.6 is 0 Å². The van der Waals surface area contributed by atoms with Crippen molar-refractivity contribution < 1.29 is 9.59 Å². The summed E-state index contributed by atoms with van der Waals surface area (Å²) in [6.07, 6.45) is 5.11. The summed E-state index contributed by atoms with van der Waals surface area (Å²) in [6.45, 7) is 27.0. The van der Waals surface area contributed by atoms with E-state index >= 15 is 0 Å². The van der Waals surface area contributed by atoms with Crippen molar-refractivity contribution in [3.8, 4) is 0 Å². The number of amides is 2. The van der Waals surface area contributed by atoms with Gasteiger partial charge in [0.1, 0.15) is 0 Å². The normalized spacial score (nSPS) is 14.6. The highest BCUT2D eigenvalue weighted by molar-refractivity contribution is 5.76. The summed E-state index contributed by atoms with van der Waals surface area (Å²) in [5, 5.41) is 9.51. The van der Waals surface area contributed by atoms with Gasteiger partial charge in [-0.25, -0.2) is 0 Å². The largest absolute Gasteiger partial charge is 0.356 e. The zero-order valence-corrected chi connectivity index (χ0v) is 25.2. The first-order valence-electron chi connectivity index (χ1n) is 13.8. The molecule has 0 spiro atoms. The second-order valence-electron chi connectivity index (χ2n) is 14.2. The van der Waals surface area contributed by atoms with Crippen molar-refractivity contribution in [3.63, 3.8) is 0 Å². The van der Waals surface area contributed by atoms with Gasteiger partial charge in [0, 0.05) is 39.0 Å². The molecule has 0 fully saturated rings. The minimum atomic E-state index is 0.0679. The fraction of sp³-hybridized carbons (Fsp3) is 0.931. The van der Waals surface area contributed by atoms with Gasteiger partial charge in [-0.3, -0.25) is 9.59 Å². The molecule has 0 radical (unpaired) electrons. The third kappa shape index (κ3) is 18.7. The second-order valence-corrected chi connectivity index (χ2v) is 14.2.